The van der Waals surface area contributed by atoms with Gasteiger partial charge in [-0.15, -0.1) is 0 Å². The summed E-state index contributed by atoms with van der Waals surface area (Å²) in [6, 6.07) is 4.25. The van der Waals surface area contributed by atoms with Crippen molar-refractivity contribution in [1.29, 1.82) is 0 Å². The molecule has 1 atom stereocenters. The second kappa shape index (κ2) is 5.07. The van der Waals surface area contributed by atoms with E-state index >= 15 is 0 Å². The van der Waals surface area contributed by atoms with Crippen molar-refractivity contribution in [3.63, 3.8) is 0 Å². The highest BCUT2D eigenvalue weighted by Gasteiger charge is 2.40. The van der Waals surface area contributed by atoms with Gasteiger partial charge in [0.05, 0.1) is 6.04 Å². The maximum atomic E-state index is 14.5. The Morgan fingerprint density at radius 1 is 1.40 bits per heavy atom. The molecule has 3 amide bonds. The predicted molar refractivity (Wildman–Crippen MR) is 67.9 cm³/mol. The fourth-order valence-corrected chi connectivity index (χ4v) is 2.04. The quantitative estimate of drug-likeness (QED) is 0.864. The number of halogens is 2. The van der Waals surface area contributed by atoms with Crippen LogP contribution in [0.5, 0.6) is 0 Å². The molecule has 1 saturated heterocycles. The summed E-state index contributed by atoms with van der Waals surface area (Å²) in [6.45, 7) is 1.47. The minimum Gasteiger partial charge on any atom is -0.351 e. The number of urea groups is 1. The van der Waals surface area contributed by atoms with Crippen LogP contribution in [0.3, 0.4) is 0 Å². The molecule has 0 aromatic heterocycles. The lowest BCUT2D eigenvalue weighted by Crippen LogP contribution is -2.63. The highest BCUT2D eigenvalue weighted by Crippen LogP contribution is 2.28. The molecule has 20 heavy (non-hydrogen) atoms. The second-order valence-corrected chi connectivity index (χ2v) is 4.90. The van der Waals surface area contributed by atoms with Gasteiger partial charge in [-0.1, -0.05) is 18.2 Å². The van der Waals surface area contributed by atoms with E-state index in [0.717, 1.165) is 13.0 Å². The highest BCUT2D eigenvalue weighted by atomic mass is 19.1. The molecule has 1 fully saturated rings. The first-order valence-electron chi connectivity index (χ1n) is 6.11. The molecule has 1 heterocycles. The number of benzene rings is 1. The van der Waals surface area contributed by atoms with Gasteiger partial charge >= 0.3 is 6.03 Å². The highest BCUT2D eigenvalue weighted by molar-refractivity contribution is 5.86. The van der Waals surface area contributed by atoms with Crippen LogP contribution in [0, 0.1) is 5.82 Å². The van der Waals surface area contributed by atoms with Crippen LogP contribution in [-0.2, 0) is 10.5 Å². The molecule has 1 aromatic rings. The van der Waals surface area contributed by atoms with Crippen LogP contribution in [0.2, 0.25) is 0 Å². The van der Waals surface area contributed by atoms with Crippen LogP contribution in [0.1, 0.15) is 12.5 Å². The molecule has 2 rings (SSSR count). The van der Waals surface area contributed by atoms with Crippen LogP contribution < -0.4 is 11.1 Å². The number of primary amides is 1. The molecule has 1 unspecified atom stereocenters. The van der Waals surface area contributed by atoms with Gasteiger partial charge in [-0.2, -0.15) is 0 Å². The molecule has 0 bridgehead atoms. The average Bonchev–Trinajstić information content (AvgIpc) is 2.32. The van der Waals surface area contributed by atoms with Crippen LogP contribution in [0.15, 0.2) is 24.3 Å². The first-order chi connectivity index (χ1) is 9.32. The molecule has 0 saturated carbocycles. The molecule has 7 heteroatoms. The summed E-state index contributed by atoms with van der Waals surface area (Å²) in [5.41, 5.74) is 2.25. The number of rotatable bonds is 3. The van der Waals surface area contributed by atoms with E-state index in [1.807, 2.05) is 0 Å². The zero-order valence-corrected chi connectivity index (χ0v) is 10.9. The Morgan fingerprint density at radius 2 is 2.00 bits per heavy atom. The fourth-order valence-electron chi connectivity index (χ4n) is 2.04. The first kappa shape index (κ1) is 14.2. The third-order valence-corrected chi connectivity index (χ3v) is 3.33. The molecular weight excluding hydrogens is 268 g/mol. The number of carbonyl (C=O) groups is 2. The van der Waals surface area contributed by atoms with Crippen molar-refractivity contribution in [2.24, 2.45) is 5.73 Å². The molecule has 1 aliphatic heterocycles. The molecular formula is C13H15F2N3O2. The second-order valence-electron chi connectivity index (χ2n) is 4.90. The molecule has 0 aliphatic carbocycles. The summed E-state index contributed by atoms with van der Waals surface area (Å²) in [7, 11) is 0. The van der Waals surface area contributed by atoms with Crippen LogP contribution in [0.25, 0.3) is 0 Å². The van der Waals surface area contributed by atoms with Crippen molar-refractivity contribution in [2.75, 3.05) is 13.1 Å². The van der Waals surface area contributed by atoms with Gasteiger partial charge in [-0.3, -0.25) is 4.79 Å². The van der Waals surface area contributed by atoms with Crippen molar-refractivity contribution in [1.82, 2.24) is 10.2 Å². The van der Waals surface area contributed by atoms with Crippen molar-refractivity contribution in [3.8, 4) is 0 Å². The van der Waals surface area contributed by atoms with E-state index < -0.39 is 23.4 Å². The average molecular weight is 283 g/mol. The van der Waals surface area contributed by atoms with Gasteiger partial charge in [0.1, 0.15) is 5.82 Å². The molecule has 5 nitrogen and oxygen atoms in total. The number of likely N-dealkylation sites (tertiary alicyclic amines) is 1. The minimum absolute atomic E-state index is 0.231. The van der Waals surface area contributed by atoms with Crippen molar-refractivity contribution in [2.45, 2.75) is 18.6 Å². The van der Waals surface area contributed by atoms with Gasteiger partial charge in [0.2, 0.25) is 5.67 Å². The summed E-state index contributed by atoms with van der Waals surface area (Å²) in [5, 5.41) is 2.44. The van der Waals surface area contributed by atoms with Gasteiger partial charge in [-0.05, 0) is 13.0 Å². The van der Waals surface area contributed by atoms with E-state index in [2.05, 4.69) is 5.32 Å². The lowest BCUT2D eigenvalue weighted by atomic mass is 9.95. The monoisotopic (exact) mass is 283 g/mol. The lowest BCUT2D eigenvalue weighted by Gasteiger charge is -2.39. The Bertz CT molecular complexity index is 542. The van der Waals surface area contributed by atoms with Gasteiger partial charge < -0.3 is 16.0 Å². The smallest absolute Gasteiger partial charge is 0.314 e. The number of hydrogen-bond donors (Lipinski definition) is 2. The number of nitrogens with one attached hydrogen (secondary N) is 1. The minimum atomic E-state index is -2.47. The standard InChI is InChI=1S/C13H15F2N3O2/c1-13(15,9-4-2-3-5-10(9)14)11(19)17-8-6-18(7-8)12(16)20/h2-5,8H,6-7H2,1H3,(H2,16,20)(H,17,19). The van der Waals surface area contributed by atoms with E-state index in [-0.39, 0.29) is 24.7 Å². The Balaban J connectivity index is 2.02. The molecule has 3 N–H and O–H groups in total. The predicted octanol–water partition coefficient (Wildman–Crippen LogP) is 0.890. The number of nitrogens with zero attached hydrogens (tertiary/aromatic N) is 1. The van der Waals surface area contributed by atoms with E-state index in [0.29, 0.717) is 0 Å². The molecule has 0 radical (unpaired) electrons. The SMILES string of the molecule is CC(F)(C(=O)NC1CN(C(N)=O)C1)c1ccccc1F. The zero-order chi connectivity index (χ0) is 14.9. The Morgan fingerprint density at radius 3 is 2.55 bits per heavy atom. The van der Waals surface area contributed by atoms with Crippen LogP contribution in [-0.4, -0.2) is 36.0 Å². The van der Waals surface area contributed by atoms with Gasteiger partial charge in [0, 0.05) is 18.7 Å². The van der Waals surface area contributed by atoms with Gasteiger partial charge in [0.15, 0.2) is 0 Å². The van der Waals surface area contributed by atoms with Crippen molar-refractivity contribution in [3.05, 3.63) is 35.6 Å². The number of carbonyl (C=O) groups excluding carboxylic acids is 2. The Kier molecular flexibility index (Phi) is 3.61. The topological polar surface area (TPSA) is 75.4 Å². The summed E-state index contributed by atoms with van der Waals surface area (Å²) >= 11 is 0. The number of amides is 3. The first-order valence-corrected chi connectivity index (χ1v) is 6.11. The van der Waals surface area contributed by atoms with Gasteiger partial charge in [0.25, 0.3) is 5.91 Å². The molecule has 108 valence electrons. The third kappa shape index (κ3) is 2.56. The zero-order valence-electron chi connectivity index (χ0n) is 10.9. The van der Waals surface area contributed by atoms with E-state index in [9.17, 15) is 18.4 Å². The largest absolute Gasteiger partial charge is 0.351 e. The molecule has 0 spiro atoms. The summed E-state index contributed by atoms with van der Waals surface area (Å²) in [5.74, 6) is -1.71. The van der Waals surface area contributed by atoms with Crippen LogP contribution >= 0.6 is 0 Å². The molecule has 1 aromatic carbocycles. The number of nitrogens with two attached hydrogens (primary N) is 1. The van der Waals surface area contributed by atoms with Crippen molar-refractivity contribution < 1.29 is 18.4 Å². The maximum absolute atomic E-state index is 14.5. The van der Waals surface area contributed by atoms with Crippen molar-refractivity contribution >= 4 is 11.9 Å². The van der Waals surface area contributed by atoms with E-state index in [4.69, 9.17) is 5.73 Å². The van der Waals surface area contributed by atoms with Crippen LogP contribution in [0.4, 0.5) is 13.6 Å². The Labute approximate surface area is 114 Å². The van der Waals surface area contributed by atoms with E-state index in [1.54, 1.807) is 0 Å². The van der Waals surface area contributed by atoms with Gasteiger partial charge in [-0.25, -0.2) is 13.6 Å². The van der Waals surface area contributed by atoms with E-state index in [1.165, 1.54) is 23.1 Å². The Hall–Kier alpha value is -2.18. The summed E-state index contributed by atoms with van der Waals surface area (Å²) in [4.78, 5) is 24.0. The third-order valence-electron chi connectivity index (χ3n) is 3.33. The fraction of sp³-hybridized carbons (Fsp3) is 0.385. The lowest BCUT2D eigenvalue weighted by molar-refractivity contribution is -0.134. The number of alkyl halides is 1. The number of hydrogen-bond acceptors (Lipinski definition) is 2. The summed E-state index contributed by atoms with van der Waals surface area (Å²) in [6.07, 6.45) is 0. The molecule has 1 aliphatic rings. The summed E-state index contributed by atoms with van der Waals surface area (Å²) < 4.78 is 28.1. The normalized spacial score (nSPS) is 18.1. The maximum Gasteiger partial charge on any atom is 0.314 e.